The molecule has 3 atom stereocenters. The largest absolute Gasteiger partial charge is 0.481 e. The number of hydrogen-bond acceptors (Lipinski definition) is 2. The summed E-state index contributed by atoms with van der Waals surface area (Å²) in [6, 6.07) is 8.21. The Kier molecular flexibility index (Phi) is 3.52. The summed E-state index contributed by atoms with van der Waals surface area (Å²) in [6.45, 7) is 1.45. The lowest BCUT2D eigenvalue weighted by atomic mass is 9.90. The fourth-order valence-electron chi connectivity index (χ4n) is 4.23. The third-order valence-corrected chi connectivity index (χ3v) is 6.44. The summed E-state index contributed by atoms with van der Waals surface area (Å²) in [5.74, 6) is -0.106. The van der Waals surface area contributed by atoms with Crippen molar-refractivity contribution in [3.05, 3.63) is 34.3 Å². The van der Waals surface area contributed by atoms with Gasteiger partial charge in [-0.2, -0.15) is 0 Å². The monoisotopic (exact) mass is 377 g/mol. The first kappa shape index (κ1) is 15.2. The Morgan fingerprint density at radius 1 is 1.26 bits per heavy atom. The highest BCUT2D eigenvalue weighted by atomic mass is 79.9. The van der Waals surface area contributed by atoms with E-state index in [1.165, 1.54) is 5.56 Å². The molecular formula is C18H20BrNO3. The highest BCUT2D eigenvalue weighted by Crippen LogP contribution is 2.60. The van der Waals surface area contributed by atoms with Gasteiger partial charge in [-0.15, -0.1) is 0 Å². The summed E-state index contributed by atoms with van der Waals surface area (Å²) in [7, 11) is 0. The molecule has 23 heavy (non-hydrogen) atoms. The summed E-state index contributed by atoms with van der Waals surface area (Å²) in [5, 5.41) is 9.14. The molecule has 1 amide bonds. The van der Waals surface area contributed by atoms with E-state index in [0.717, 1.165) is 43.2 Å². The third-order valence-electron chi connectivity index (χ3n) is 5.94. The molecule has 1 saturated heterocycles. The molecule has 0 aromatic heterocycles. The van der Waals surface area contributed by atoms with Crippen molar-refractivity contribution in [1.82, 2.24) is 4.90 Å². The average molecular weight is 378 g/mol. The van der Waals surface area contributed by atoms with Crippen molar-refractivity contribution < 1.29 is 14.7 Å². The number of likely N-dealkylation sites (tertiary alicyclic amines) is 1. The minimum Gasteiger partial charge on any atom is -0.481 e. The van der Waals surface area contributed by atoms with Crippen molar-refractivity contribution >= 4 is 27.8 Å². The van der Waals surface area contributed by atoms with Crippen LogP contribution in [-0.2, 0) is 9.59 Å². The van der Waals surface area contributed by atoms with Crippen molar-refractivity contribution in [2.75, 3.05) is 13.1 Å². The van der Waals surface area contributed by atoms with Gasteiger partial charge in [0.25, 0.3) is 0 Å². The fourth-order valence-corrected chi connectivity index (χ4v) is 4.65. The van der Waals surface area contributed by atoms with Crippen LogP contribution in [0.3, 0.4) is 0 Å². The molecule has 0 bridgehead atoms. The van der Waals surface area contributed by atoms with Gasteiger partial charge >= 0.3 is 5.97 Å². The second-order valence-corrected chi connectivity index (χ2v) is 8.20. The Labute approximate surface area is 144 Å². The Bertz CT molecular complexity index is 666. The molecule has 5 heteroatoms. The SMILES string of the molecule is O=C(O)C1CC12CCN(C(=O)C1CC1c1cccc(Br)c1)CC2. The number of carbonyl (C=O) groups is 2. The van der Waals surface area contributed by atoms with E-state index in [2.05, 4.69) is 28.1 Å². The van der Waals surface area contributed by atoms with Crippen molar-refractivity contribution in [2.45, 2.75) is 31.6 Å². The van der Waals surface area contributed by atoms with Crippen molar-refractivity contribution in [3.8, 4) is 0 Å². The molecule has 1 aliphatic heterocycles. The summed E-state index contributed by atoms with van der Waals surface area (Å²) < 4.78 is 1.06. The number of hydrogen-bond donors (Lipinski definition) is 1. The second kappa shape index (κ2) is 5.33. The molecule has 4 nitrogen and oxygen atoms in total. The van der Waals surface area contributed by atoms with Crippen LogP contribution < -0.4 is 0 Å². The lowest BCUT2D eigenvalue weighted by Gasteiger charge is -2.33. The number of amides is 1. The maximum Gasteiger partial charge on any atom is 0.307 e. The van der Waals surface area contributed by atoms with E-state index in [0.29, 0.717) is 5.92 Å². The standard InChI is InChI=1S/C18H20BrNO3/c19-12-3-1-2-11(8-12)13-9-14(13)16(21)20-6-4-18(5-7-20)10-15(18)17(22)23/h1-3,8,13-15H,4-7,9-10H2,(H,22,23). The van der Waals surface area contributed by atoms with Gasteiger partial charge in [-0.25, -0.2) is 0 Å². The zero-order valence-electron chi connectivity index (χ0n) is 12.9. The number of carbonyl (C=O) groups excluding carboxylic acids is 1. The van der Waals surface area contributed by atoms with E-state index in [1.807, 2.05) is 17.0 Å². The quantitative estimate of drug-likeness (QED) is 0.879. The Hall–Kier alpha value is -1.36. The minimum absolute atomic E-state index is 0.00411. The molecule has 2 aliphatic carbocycles. The first-order valence-corrected chi connectivity index (χ1v) is 9.06. The highest BCUT2D eigenvalue weighted by molar-refractivity contribution is 9.10. The number of benzene rings is 1. The first-order valence-electron chi connectivity index (χ1n) is 8.27. The Morgan fingerprint density at radius 3 is 2.61 bits per heavy atom. The Morgan fingerprint density at radius 2 is 2.00 bits per heavy atom. The van der Waals surface area contributed by atoms with Crippen molar-refractivity contribution in [2.24, 2.45) is 17.3 Å². The van der Waals surface area contributed by atoms with Gasteiger partial charge in [0.05, 0.1) is 5.92 Å². The summed E-state index contributed by atoms with van der Waals surface area (Å²) >= 11 is 3.49. The molecule has 3 fully saturated rings. The molecule has 3 unspecified atom stereocenters. The van der Waals surface area contributed by atoms with E-state index in [1.54, 1.807) is 0 Å². The van der Waals surface area contributed by atoms with Crippen LogP contribution >= 0.6 is 15.9 Å². The molecular weight excluding hydrogens is 358 g/mol. The van der Waals surface area contributed by atoms with Gasteiger partial charge < -0.3 is 10.0 Å². The van der Waals surface area contributed by atoms with E-state index in [9.17, 15) is 9.59 Å². The molecule has 1 N–H and O–H groups in total. The summed E-state index contributed by atoms with van der Waals surface area (Å²) in [5.41, 5.74) is 1.23. The van der Waals surface area contributed by atoms with Gasteiger partial charge in [0.1, 0.15) is 0 Å². The number of carboxylic acids is 1. The summed E-state index contributed by atoms with van der Waals surface area (Å²) in [6.07, 6.45) is 3.44. The molecule has 1 heterocycles. The van der Waals surface area contributed by atoms with Crippen LogP contribution in [0.1, 0.15) is 37.2 Å². The summed E-state index contributed by atoms with van der Waals surface area (Å²) in [4.78, 5) is 25.7. The van der Waals surface area contributed by atoms with Crippen LogP contribution in [0.25, 0.3) is 0 Å². The second-order valence-electron chi connectivity index (χ2n) is 7.29. The first-order chi connectivity index (χ1) is 11.0. The van der Waals surface area contributed by atoms with Gasteiger partial charge in [0.2, 0.25) is 5.91 Å². The number of nitrogens with zero attached hydrogens (tertiary/aromatic N) is 1. The molecule has 2 saturated carbocycles. The lowest BCUT2D eigenvalue weighted by Crippen LogP contribution is -2.41. The predicted molar refractivity (Wildman–Crippen MR) is 89.0 cm³/mol. The average Bonchev–Trinajstić information content (AvgIpc) is 3.42. The normalized spacial score (nSPS) is 31.0. The van der Waals surface area contributed by atoms with Gasteiger partial charge in [0, 0.05) is 23.5 Å². The third kappa shape index (κ3) is 2.69. The van der Waals surface area contributed by atoms with Crippen LogP contribution in [0.4, 0.5) is 0 Å². The lowest BCUT2D eigenvalue weighted by molar-refractivity contribution is -0.140. The minimum atomic E-state index is -0.665. The van der Waals surface area contributed by atoms with Crippen molar-refractivity contribution in [3.63, 3.8) is 0 Å². The van der Waals surface area contributed by atoms with Crippen LogP contribution in [0.5, 0.6) is 0 Å². The van der Waals surface area contributed by atoms with E-state index in [4.69, 9.17) is 5.11 Å². The molecule has 0 radical (unpaired) electrons. The zero-order chi connectivity index (χ0) is 16.2. The molecule has 1 aromatic rings. The number of aliphatic carboxylic acids is 1. The topological polar surface area (TPSA) is 57.6 Å². The van der Waals surface area contributed by atoms with E-state index in [-0.39, 0.29) is 23.2 Å². The number of carboxylic acid groups (broad SMARTS) is 1. The highest BCUT2D eigenvalue weighted by Gasteiger charge is 2.59. The fraction of sp³-hybridized carbons (Fsp3) is 0.556. The molecule has 3 aliphatic rings. The van der Waals surface area contributed by atoms with Crippen LogP contribution in [0, 0.1) is 17.3 Å². The van der Waals surface area contributed by atoms with E-state index >= 15 is 0 Å². The number of rotatable bonds is 3. The van der Waals surface area contributed by atoms with Crippen LogP contribution in [-0.4, -0.2) is 35.0 Å². The van der Waals surface area contributed by atoms with Gasteiger partial charge in [-0.1, -0.05) is 28.1 Å². The molecule has 1 aromatic carbocycles. The molecule has 1 spiro atoms. The Balaban J connectivity index is 1.34. The zero-order valence-corrected chi connectivity index (χ0v) is 14.5. The predicted octanol–water partition coefficient (Wildman–Crippen LogP) is 3.27. The van der Waals surface area contributed by atoms with Crippen LogP contribution in [0.2, 0.25) is 0 Å². The molecule has 4 rings (SSSR count). The maximum atomic E-state index is 12.7. The molecule has 122 valence electrons. The van der Waals surface area contributed by atoms with E-state index < -0.39 is 5.97 Å². The number of halogens is 1. The van der Waals surface area contributed by atoms with Gasteiger partial charge in [-0.3, -0.25) is 9.59 Å². The van der Waals surface area contributed by atoms with Gasteiger partial charge in [-0.05, 0) is 54.7 Å². The van der Waals surface area contributed by atoms with Crippen molar-refractivity contribution in [1.29, 1.82) is 0 Å². The van der Waals surface area contributed by atoms with Crippen LogP contribution in [0.15, 0.2) is 28.7 Å². The smallest absolute Gasteiger partial charge is 0.307 e. The number of piperidine rings is 1. The van der Waals surface area contributed by atoms with Gasteiger partial charge in [0.15, 0.2) is 0 Å². The maximum absolute atomic E-state index is 12.7.